The standard InChI is InChI=1S/C15H16N2O4/c1-20-12-4-2-11(3-5-12)13-7-15(21-16-13)17-8-10(9-18)6-14(17)19/h2-5,7,10,18H,6,8-9H2,1H3. The van der Waals surface area contributed by atoms with Gasteiger partial charge in [-0.1, -0.05) is 5.16 Å². The van der Waals surface area contributed by atoms with E-state index in [4.69, 9.17) is 14.4 Å². The van der Waals surface area contributed by atoms with E-state index in [0.717, 1.165) is 11.3 Å². The summed E-state index contributed by atoms with van der Waals surface area (Å²) in [6.45, 7) is 0.467. The average Bonchev–Trinajstić information content (AvgIpc) is 3.13. The molecule has 1 aromatic heterocycles. The SMILES string of the molecule is COc1ccc(-c2cc(N3CC(CO)CC3=O)on2)cc1. The number of amides is 1. The second-order valence-corrected chi connectivity index (χ2v) is 5.04. The molecule has 2 heterocycles. The number of ether oxygens (including phenoxy) is 1. The van der Waals surface area contributed by atoms with Gasteiger partial charge in [-0.3, -0.25) is 9.69 Å². The summed E-state index contributed by atoms with van der Waals surface area (Å²) in [5, 5.41) is 13.1. The van der Waals surface area contributed by atoms with Crippen molar-refractivity contribution in [3.63, 3.8) is 0 Å². The molecule has 0 radical (unpaired) electrons. The van der Waals surface area contributed by atoms with Gasteiger partial charge in [-0.25, -0.2) is 0 Å². The second kappa shape index (κ2) is 5.57. The predicted octanol–water partition coefficient (Wildman–Crippen LogP) is 1.70. The van der Waals surface area contributed by atoms with Crippen molar-refractivity contribution in [3.8, 4) is 17.0 Å². The van der Waals surface area contributed by atoms with Gasteiger partial charge in [0.1, 0.15) is 11.4 Å². The third kappa shape index (κ3) is 2.62. The number of aromatic nitrogens is 1. The van der Waals surface area contributed by atoms with Crippen molar-refractivity contribution in [2.24, 2.45) is 5.92 Å². The minimum absolute atomic E-state index is 0.00170. The van der Waals surface area contributed by atoms with Crippen molar-refractivity contribution >= 4 is 11.8 Å². The second-order valence-electron chi connectivity index (χ2n) is 5.04. The number of hydrogen-bond acceptors (Lipinski definition) is 5. The monoisotopic (exact) mass is 288 g/mol. The molecule has 1 fully saturated rings. The maximum Gasteiger partial charge on any atom is 0.234 e. The lowest BCUT2D eigenvalue weighted by Crippen LogP contribution is -2.24. The van der Waals surface area contributed by atoms with Gasteiger partial charge in [0.15, 0.2) is 0 Å². The molecule has 2 aromatic rings. The number of methoxy groups -OCH3 is 1. The van der Waals surface area contributed by atoms with Crippen LogP contribution in [0.1, 0.15) is 6.42 Å². The van der Waals surface area contributed by atoms with Crippen LogP contribution in [-0.4, -0.2) is 36.4 Å². The van der Waals surface area contributed by atoms with Gasteiger partial charge in [-0.05, 0) is 24.3 Å². The van der Waals surface area contributed by atoms with Crippen LogP contribution in [0.5, 0.6) is 5.75 Å². The van der Waals surface area contributed by atoms with Crippen LogP contribution in [0, 0.1) is 5.92 Å². The smallest absolute Gasteiger partial charge is 0.234 e. The summed E-state index contributed by atoms with van der Waals surface area (Å²) < 4.78 is 10.4. The molecule has 3 rings (SSSR count). The van der Waals surface area contributed by atoms with E-state index in [1.54, 1.807) is 13.2 Å². The highest BCUT2D eigenvalue weighted by Gasteiger charge is 2.32. The van der Waals surface area contributed by atoms with Crippen LogP contribution in [0.4, 0.5) is 5.88 Å². The third-order valence-electron chi connectivity index (χ3n) is 3.61. The first-order valence-electron chi connectivity index (χ1n) is 6.73. The Labute approximate surface area is 121 Å². The average molecular weight is 288 g/mol. The number of carbonyl (C=O) groups excluding carboxylic acids is 1. The molecular formula is C15H16N2O4. The highest BCUT2D eigenvalue weighted by molar-refractivity contribution is 5.94. The lowest BCUT2D eigenvalue weighted by atomic mass is 10.1. The number of anilines is 1. The molecule has 0 spiro atoms. The highest BCUT2D eigenvalue weighted by Crippen LogP contribution is 2.29. The zero-order valence-corrected chi connectivity index (χ0v) is 11.7. The number of aliphatic hydroxyl groups is 1. The number of nitrogens with zero attached hydrogens (tertiary/aromatic N) is 2. The van der Waals surface area contributed by atoms with Crippen LogP contribution in [-0.2, 0) is 4.79 Å². The van der Waals surface area contributed by atoms with Gasteiger partial charge >= 0.3 is 0 Å². The molecule has 1 atom stereocenters. The summed E-state index contributed by atoms with van der Waals surface area (Å²) >= 11 is 0. The van der Waals surface area contributed by atoms with E-state index < -0.39 is 0 Å². The minimum Gasteiger partial charge on any atom is -0.497 e. The molecule has 1 amide bonds. The quantitative estimate of drug-likeness (QED) is 0.926. The van der Waals surface area contributed by atoms with E-state index in [-0.39, 0.29) is 18.4 Å². The third-order valence-corrected chi connectivity index (χ3v) is 3.61. The fourth-order valence-electron chi connectivity index (χ4n) is 2.41. The summed E-state index contributed by atoms with van der Waals surface area (Å²) in [6, 6.07) is 9.17. The Morgan fingerprint density at radius 3 is 2.81 bits per heavy atom. The van der Waals surface area contributed by atoms with Crippen molar-refractivity contribution in [2.45, 2.75) is 6.42 Å². The van der Waals surface area contributed by atoms with E-state index in [0.29, 0.717) is 24.5 Å². The molecule has 6 nitrogen and oxygen atoms in total. The van der Waals surface area contributed by atoms with Crippen molar-refractivity contribution in [3.05, 3.63) is 30.3 Å². The Bertz CT molecular complexity index is 635. The van der Waals surface area contributed by atoms with E-state index in [1.807, 2.05) is 24.3 Å². The Balaban J connectivity index is 1.81. The topological polar surface area (TPSA) is 75.8 Å². The van der Waals surface area contributed by atoms with Crippen molar-refractivity contribution in [2.75, 3.05) is 25.2 Å². The van der Waals surface area contributed by atoms with Crippen molar-refractivity contribution in [1.82, 2.24) is 5.16 Å². The van der Waals surface area contributed by atoms with E-state index in [9.17, 15) is 4.79 Å². The van der Waals surface area contributed by atoms with Gasteiger partial charge in [0, 0.05) is 37.1 Å². The fourth-order valence-corrected chi connectivity index (χ4v) is 2.41. The number of aliphatic hydroxyl groups excluding tert-OH is 1. The zero-order chi connectivity index (χ0) is 14.8. The van der Waals surface area contributed by atoms with Crippen LogP contribution in [0.15, 0.2) is 34.9 Å². The van der Waals surface area contributed by atoms with Crippen LogP contribution < -0.4 is 9.64 Å². The Hall–Kier alpha value is -2.34. The molecule has 0 saturated carbocycles. The molecule has 110 valence electrons. The first-order valence-corrected chi connectivity index (χ1v) is 6.73. The molecular weight excluding hydrogens is 272 g/mol. The lowest BCUT2D eigenvalue weighted by Gasteiger charge is -2.10. The maximum absolute atomic E-state index is 11.9. The first kappa shape index (κ1) is 13.6. The van der Waals surface area contributed by atoms with Gasteiger partial charge in [0.2, 0.25) is 11.8 Å². The van der Waals surface area contributed by atoms with Gasteiger partial charge in [0.05, 0.1) is 7.11 Å². The van der Waals surface area contributed by atoms with E-state index in [1.165, 1.54) is 4.90 Å². The molecule has 0 bridgehead atoms. The normalized spacial score (nSPS) is 18.3. The van der Waals surface area contributed by atoms with Crippen LogP contribution in [0.25, 0.3) is 11.3 Å². The van der Waals surface area contributed by atoms with Gasteiger partial charge in [-0.2, -0.15) is 0 Å². The molecule has 6 heteroatoms. The Morgan fingerprint density at radius 2 is 2.19 bits per heavy atom. The summed E-state index contributed by atoms with van der Waals surface area (Å²) in [4.78, 5) is 13.4. The zero-order valence-electron chi connectivity index (χ0n) is 11.7. The number of rotatable bonds is 4. The highest BCUT2D eigenvalue weighted by atomic mass is 16.5. The van der Waals surface area contributed by atoms with Crippen molar-refractivity contribution < 1.29 is 19.2 Å². The van der Waals surface area contributed by atoms with Gasteiger partial charge in [-0.15, -0.1) is 0 Å². The van der Waals surface area contributed by atoms with Crippen LogP contribution in [0.3, 0.4) is 0 Å². The predicted molar refractivity (Wildman–Crippen MR) is 76.0 cm³/mol. The molecule has 21 heavy (non-hydrogen) atoms. The largest absolute Gasteiger partial charge is 0.497 e. The van der Waals surface area contributed by atoms with Crippen LogP contribution in [0.2, 0.25) is 0 Å². The number of hydrogen-bond donors (Lipinski definition) is 1. The summed E-state index contributed by atoms with van der Waals surface area (Å²) in [5.74, 6) is 1.10. The summed E-state index contributed by atoms with van der Waals surface area (Å²) in [6.07, 6.45) is 0.342. The number of carbonyl (C=O) groups is 1. The minimum atomic E-state index is -0.0496. The van der Waals surface area contributed by atoms with E-state index in [2.05, 4.69) is 5.16 Å². The van der Waals surface area contributed by atoms with Crippen molar-refractivity contribution in [1.29, 1.82) is 0 Å². The number of benzene rings is 1. The fraction of sp³-hybridized carbons (Fsp3) is 0.333. The molecule has 1 saturated heterocycles. The maximum atomic E-state index is 11.9. The summed E-state index contributed by atoms with van der Waals surface area (Å²) in [5.41, 5.74) is 1.55. The first-order chi connectivity index (χ1) is 10.2. The molecule has 0 aliphatic carbocycles. The Morgan fingerprint density at radius 1 is 1.43 bits per heavy atom. The molecule has 1 aromatic carbocycles. The van der Waals surface area contributed by atoms with Gasteiger partial charge in [0.25, 0.3) is 0 Å². The van der Waals surface area contributed by atoms with E-state index >= 15 is 0 Å². The molecule has 1 aliphatic rings. The lowest BCUT2D eigenvalue weighted by molar-refractivity contribution is -0.117. The Kier molecular flexibility index (Phi) is 3.62. The molecule has 1 aliphatic heterocycles. The summed E-state index contributed by atoms with van der Waals surface area (Å²) in [7, 11) is 1.61. The van der Waals surface area contributed by atoms with Gasteiger partial charge < -0.3 is 14.4 Å². The van der Waals surface area contributed by atoms with Crippen LogP contribution >= 0.6 is 0 Å². The molecule has 1 unspecified atom stereocenters. The molecule has 1 N–H and O–H groups in total.